The highest BCUT2D eigenvalue weighted by atomic mass is 32.1. The number of hydrogen-bond donors (Lipinski definition) is 2. The summed E-state index contributed by atoms with van der Waals surface area (Å²) in [4.78, 5) is 23.8. The fourth-order valence-corrected chi connectivity index (χ4v) is 2.27. The van der Waals surface area contributed by atoms with Gasteiger partial charge in [0.25, 0.3) is 0 Å². The summed E-state index contributed by atoms with van der Waals surface area (Å²) < 4.78 is 4.64. The predicted octanol–water partition coefficient (Wildman–Crippen LogP) is 2.02. The molecule has 1 aliphatic heterocycles. The molecule has 17 heavy (non-hydrogen) atoms. The van der Waals surface area contributed by atoms with Crippen LogP contribution in [0.1, 0.15) is 20.7 Å². The summed E-state index contributed by atoms with van der Waals surface area (Å²) in [6, 6.07) is 6.58. The average Bonchev–Trinajstić information content (AvgIpc) is 2.31. The maximum Gasteiger partial charge on any atom is 0.346 e. The second kappa shape index (κ2) is 3.24. The lowest BCUT2D eigenvalue weighted by Gasteiger charge is -2.17. The molecule has 0 saturated carbocycles. The topological polar surface area (TPSA) is 69.4 Å². The average molecular weight is 245 g/mol. The van der Waals surface area contributed by atoms with E-state index in [2.05, 4.69) is 17.4 Å². The zero-order chi connectivity index (χ0) is 12.2. The van der Waals surface area contributed by atoms with Crippen molar-refractivity contribution in [1.29, 1.82) is 0 Å². The van der Waals surface area contributed by atoms with Gasteiger partial charge in [-0.2, -0.15) is 0 Å². The van der Waals surface area contributed by atoms with Crippen molar-refractivity contribution < 1.29 is 14.3 Å². The number of ether oxygens (including phenoxy) is 1. The predicted molar refractivity (Wildman–Crippen MR) is 65.4 cm³/mol. The number of rotatable bonds is 0. The van der Waals surface area contributed by atoms with Gasteiger partial charge in [0.05, 0.1) is 11.1 Å². The number of benzene rings is 2. The molecule has 3 rings (SSSR count). The first kappa shape index (κ1) is 10.2. The van der Waals surface area contributed by atoms with Gasteiger partial charge in [0.1, 0.15) is 0 Å². The van der Waals surface area contributed by atoms with Crippen molar-refractivity contribution in [3.63, 3.8) is 0 Å². The highest BCUT2D eigenvalue weighted by molar-refractivity contribution is 7.80. The van der Waals surface area contributed by atoms with E-state index in [-0.39, 0.29) is 0 Å². The largest absolute Gasteiger partial charge is 0.398 e. The maximum atomic E-state index is 11.6. The van der Waals surface area contributed by atoms with Gasteiger partial charge >= 0.3 is 11.9 Å². The van der Waals surface area contributed by atoms with E-state index in [1.165, 1.54) is 6.07 Å². The molecule has 2 N–H and O–H groups in total. The standard InChI is InChI=1S/C12H7NO3S/c13-8-4-7-9-5(10(8)17)2-1-3-6(9)11(14)16-12(7)15/h1-4,17H,13H2. The molecular weight excluding hydrogens is 238 g/mol. The number of thiol groups is 1. The summed E-state index contributed by atoms with van der Waals surface area (Å²) >= 11 is 4.29. The number of nitrogens with two attached hydrogens (primary N) is 1. The quantitative estimate of drug-likeness (QED) is 0.322. The molecule has 0 radical (unpaired) electrons. The molecule has 2 aromatic carbocycles. The van der Waals surface area contributed by atoms with Crippen LogP contribution in [0.2, 0.25) is 0 Å². The van der Waals surface area contributed by atoms with E-state index in [0.29, 0.717) is 32.5 Å². The monoisotopic (exact) mass is 245 g/mol. The van der Waals surface area contributed by atoms with Gasteiger partial charge in [-0.3, -0.25) is 0 Å². The summed E-state index contributed by atoms with van der Waals surface area (Å²) in [5.41, 5.74) is 6.83. The number of esters is 2. The van der Waals surface area contributed by atoms with Gasteiger partial charge in [0.15, 0.2) is 0 Å². The van der Waals surface area contributed by atoms with Crippen molar-refractivity contribution >= 4 is 41.0 Å². The molecule has 0 amide bonds. The Hall–Kier alpha value is -2.01. The van der Waals surface area contributed by atoms with Crippen LogP contribution in [0, 0.1) is 0 Å². The molecule has 0 spiro atoms. The van der Waals surface area contributed by atoms with Crippen LogP contribution in [0.3, 0.4) is 0 Å². The zero-order valence-electron chi connectivity index (χ0n) is 8.56. The Morgan fingerprint density at radius 1 is 1.12 bits per heavy atom. The van der Waals surface area contributed by atoms with Gasteiger partial charge in [-0.25, -0.2) is 9.59 Å². The van der Waals surface area contributed by atoms with Crippen LogP contribution in [-0.2, 0) is 4.74 Å². The third-order valence-corrected chi connectivity index (χ3v) is 3.29. The highest BCUT2D eigenvalue weighted by Gasteiger charge is 2.28. The lowest BCUT2D eigenvalue weighted by Crippen LogP contribution is -2.20. The molecule has 0 fully saturated rings. The molecule has 5 heteroatoms. The van der Waals surface area contributed by atoms with E-state index < -0.39 is 11.9 Å². The van der Waals surface area contributed by atoms with E-state index in [0.717, 1.165) is 0 Å². The molecule has 0 bridgehead atoms. The molecule has 0 aliphatic carbocycles. The lowest BCUT2D eigenvalue weighted by molar-refractivity contribution is 0.0391. The maximum absolute atomic E-state index is 11.6. The molecule has 0 atom stereocenters. The van der Waals surface area contributed by atoms with Crippen molar-refractivity contribution in [1.82, 2.24) is 0 Å². The van der Waals surface area contributed by atoms with Gasteiger partial charge in [0, 0.05) is 16.0 Å². The second-order valence-electron chi connectivity index (χ2n) is 3.77. The molecular formula is C12H7NO3S. The van der Waals surface area contributed by atoms with Crippen molar-refractivity contribution in [2.24, 2.45) is 0 Å². The summed E-state index contributed by atoms with van der Waals surface area (Å²) in [5, 5.41) is 1.25. The second-order valence-corrected chi connectivity index (χ2v) is 4.21. The third-order valence-electron chi connectivity index (χ3n) is 2.79. The zero-order valence-corrected chi connectivity index (χ0v) is 9.45. The molecule has 4 nitrogen and oxygen atoms in total. The van der Waals surface area contributed by atoms with Crippen LogP contribution in [0.4, 0.5) is 5.69 Å². The van der Waals surface area contributed by atoms with Gasteiger partial charge in [-0.15, -0.1) is 12.6 Å². The summed E-state index contributed by atoms with van der Waals surface area (Å²) in [7, 11) is 0. The minimum atomic E-state index is -0.668. The number of cyclic esters (lactones) is 2. The Morgan fingerprint density at radius 2 is 1.82 bits per heavy atom. The summed E-state index contributed by atoms with van der Waals surface area (Å²) in [6.07, 6.45) is 0. The number of carbonyl (C=O) groups excluding carboxylic acids is 2. The molecule has 1 aliphatic rings. The summed E-state index contributed by atoms with van der Waals surface area (Å²) in [6.45, 7) is 0. The Kier molecular flexibility index (Phi) is 1.94. The Balaban J connectivity index is 2.59. The van der Waals surface area contributed by atoms with Crippen LogP contribution in [0.15, 0.2) is 29.2 Å². The molecule has 0 saturated heterocycles. The van der Waals surface area contributed by atoms with Gasteiger partial charge in [-0.05, 0) is 17.5 Å². The van der Waals surface area contributed by atoms with Gasteiger partial charge in [0.2, 0.25) is 0 Å². The first-order valence-corrected chi connectivity index (χ1v) is 5.35. The third kappa shape index (κ3) is 1.26. The SMILES string of the molecule is Nc1cc2c3c(cccc3c1S)C(=O)OC2=O. The van der Waals surface area contributed by atoms with E-state index in [1.807, 2.05) is 0 Å². The minimum Gasteiger partial charge on any atom is -0.398 e. The van der Waals surface area contributed by atoms with Crippen LogP contribution in [0.5, 0.6) is 0 Å². The first-order valence-electron chi connectivity index (χ1n) is 4.90. The smallest absolute Gasteiger partial charge is 0.346 e. The number of nitrogen functional groups attached to an aromatic ring is 1. The van der Waals surface area contributed by atoms with Crippen LogP contribution in [0.25, 0.3) is 10.8 Å². The van der Waals surface area contributed by atoms with Crippen molar-refractivity contribution in [2.45, 2.75) is 4.90 Å². The number of hydrogen-bond acceptors (Lipinski definition) is 5. The lowest BCUT2D eigenvalue weighted by atomic mass is 9.96. The Morgan fingerprint density at radius 3 is 2.59 bits per heavy atom. The van der Waals surface area contributed by atoms with Crippen molar-refractivity contribution in [2.75, 3.05) is 5.73 Å². The summed E-state index contributed by atoms with van der Waals surface area (Å²) in [5.74, 6) is -1.30. The van der Waals surface area contributed by atoms with Crippen LogP contribution < -0.4 is 5.73 Å². The van der Waals surface area contributed by atoms with Crippen molar-refractivity contribution in [3.05, 3.63) is 35.4 Å². The highest BCUT2D eigenvalue weighted by Crippen LogP contribution is 2.35. The Bertz CT molecular complexity index is 694. The molecule has 2 aromatic rings. The van der Waals surface area contributed by atoms with E-state index in [9.17, 15) is 9.59 Å². The van der Waals surface area contributed by atoms with E-state index >= 15 is 0 Å². The molecule has 84 valence electrons. The van der Waals surface area contributed by atoms with Crippen LogP contribution >= 0.6 is 12.6 Å². The van der Waals surface area contributed by atoms with Gasteiger partial charge in [-0.1, -0.05) is 12.1 Å². The molecule has 0 unspecified atom stereocenters. The first-order chi connectivity index (χ1) is 8.09. The number of carbonyl (C=O) groups is 2. The number of anilines is 1. The van der Waals surface area contributed by atoms with Gasteiger partial charge < -0.3 is 10.5 Å². The fraction of sp³-hybridized carbons (Fsp3) is 0. The van der Waals surface area contributed by atoms with Crippen LogP contribution in [-0.4, -0.2) is 11.9 Å². The fourth-order valence-electron chi connectivity index (χ4n) is 2.02. The molecule has 1 heterocycles. The normalized spacial score (nSPS) is 13.9. The van der Waals surface area contributed by atoms with E-state index in [4.69, 9.17) is 5.73 Å². The minimum absolute atomic E-state index is 0.311. The van der Waals surface area contributed by atoms with Crippen molar-refractivity contribution in [3.8, 4) is 0 Å². The Labute approximate surface area is 102 Å². The molecule has 0 aromatic heterocycles. The van der Waals surface area contributed by atoms with E-state index in [1.54, 1.807) is 18.2 Å².